The molecule has 5 nitrogen and oxygen atoms in total. The van der Waals surface area contributed by atoms with Gasteiger partial charge in [-0.05, 0) is 18.6 Å². The van der Waals surface area contributed by atoms with E-state index in [0.717, 1.165) is 0 Å². The van der Waals surface area contributed by atoms with Crippen LogP contribution >= 0.6 is 15.9 Å². The molecule has 1 heterocycles. The maximum atomic E-state index is 11.0. The third-order valence-electron chi connectivity index (χ3n) is 2.68. The molecule has 0 radical (unpaired) electrons. The topological polar surface area (TPSA) is 86.6 Å². The highest BCUT2D eigenvalue weighted by molar-refractivity contribution is 9.09. The van der Waals surface area contributed by atoms with Crippen LogP contribution < -0.4 is 5.32 Å². The number of rotatable bonds is 3. The van der Waals surface area contributed by atoms with Crippen molar-refractivity contribution in [1.82, 2.24) is 5.32 Å². The highest BCUT2D eigenvalue weighted by Gasteiger charge is 2.34. The lowest BCUT2D eigenvalue weighted by molar-refractivity contribution is -0.133. The van der Waals surface area contributed by atoms with Gasteiger partial charge in [-0.1, -0.05) is 22.9 Å². The van der Waals surface area contributed by atoms with Crippen molar-refractivity contribution in [3.05, 3.63) is 23.0 Å². The molecule has 0 amide bonds. The average Bonchev–Trinajstić information content (AvgIpc) is 2.21. The first-order valence-electron chi connectivity index (χ1n) is 4.55. The molecule has 3 N–H and O–H groups in total. The summed E-state index contributed by atoms with van der Waals surface area (Å²) < 4.78 is 0. The van der Waals surface area contributed by atoms with E-state index < -0.39 is 17.4 Å². The zero-order valence-corrected chi connectivity index (χ0v) is 10.5. The van der Waals surface area contributed by atoms with Crippen molar-refractivity contribution in [2.45, 2.75) is 13.8 Å². The number of carbonyl (C=O) groups is 2. The Bertz CT molecular complexity index is 413. The van der Waals surface area contributed by atoms with Gasteiger partial charge in [0.1, 0.15) is 11.4 Å². The number of aliphatic carboxylic acids is 2. The van der Waals surface area contributed by atoms with Crippen molar-refractivity contribution in [1.29, 1.82) is 0 Å². The van der Waals surface area contributed by atoms with Gasteiger partial charge < -0.3 is 15.5 Å². The van der Waals surface area contributed by atoms with Gasteiger partial charge in [0.05, 0.1) is 0 Å². The van der Waals surface area contributed by atoms with Crippen molar-refractivity contribution in [3.63, 3.8) is 0 Å². The molecule has 1 atom stereocenters. The smallest absolute Gasteiger partial charge is 0.352 e. The molecule has 6 heteroatoms. The number of hydrogen-bond acceptors (Lipinski definition) is 3. The minimum absolute atomic E-state index is 0.0677. The first-order chi connectivity index (χ1) is 7.31. The van der Waals surface area contributed by atoms with Crippen molar-refractivity contribution >= 4 is 27.9 Å². The molecule has 0 aromatic rings. The lowest BCUT2D eigenvalue weighted by Crippen LogP contribution is -2.36. The van der Waals surface area contributed by atoms with E-state index in [9.17, 15) is 9.59 Å². The van der Waals surface area contributed by atoms with Crippen LogP contribution in [0, 0.1) is 5.41 Å². The molecule has 88 valence electrons. The highest BCUT2D eigenvalue weighted by Crippen LogP contribution is 2.36. The Hall–Kier alpha value is -1.30. The summed E-state index contributed by atoms with van der Waals surface area (Å²) in [5, 5.41) is 20.7. The van der Waals surface area contributed by atoms with E-state index in [0.29, 0.717) is 10.9 Å². The van der Waals surface area contributed by atoms with Crippen molar-refractivity contribution in [2.24, 2.45) is 5.41 Å². The Morgan fingerprint density at radius 2 is 2.00 bits per heavy atom. The fraction of sp³-hybridized carbons (Fsp3) is 0.400. The molecule has 1 aliphatic rings. The van der Waals surface area contributed by atoms with Crippen LogP contribution in [0.1, 0.15) is 13.8 Å². The van der Waals surface area contributed by atoms with E-state index in [1.165, 1.54) is 6.08 Å². The Kier molecular flexibility index (Phi) is 3.42. The third-order valence-corrected chi connectivity index (χ3v) is 3.84. The maximum Gasteiger partial charge on any atom is 0.352 e. The molecule has 0 fully saturated rings. The molecular formula is C10H12BrNO4. The largest absolute Gasteiger partial charge is 0.477 e. The van der Waals surface area contributed by atoms with Gasteiger partial charge in [-0.15, -0.1) is 0 Å². The number of hydrogen-bond donors (Lipinski definition) is 3. The number of dihydropyridines is 1. The summed E-state index contributed by atoms with van der Waals surface area (Å²) in [4.78, 5) is 21.9. The van der Waals surface area contributed by atoms with Gasteiger partial charge in [0.25, 0.3) is 0 Å². The van der Waals surface area contributed by atoms with Crippen molar-refractivity contribution < 1.29 is 19.8 Å². The van der Waals surface area contributed by atoms with E-state index in [4.69, 9.17) is 10.2 Å². The summed E-state index contributed by atoms with van der Waals surface area (Å²) in [5.41, 5.74) is -0.180. The van der Waals surface area contributed by atoms with E-state index in [2.05, 4.69) is 21.2 Å². The quantitative estimate of drug-likeness (QED) is 0.682. The first kappa shape index (κ1) is 12.8. The molecule has 0 saturated heterocycles. The van der Waals surface area contributed by atoms with Gasteiger partial charge in [0.15, 0.2) is 0 Å². The summed E-state index contributed by atoms with van der Waals surface area (Å²) in [7, 11) is 0. The Labute approximate surface area is 101 Å². The van der Waals surface area contributed by atoms with Crippen LogP contribution in [0.4, 0.5) is 0 Å². The lowest BCUT2D eigenvalue weighted by atomic mass is 9.81. The monoisotopic (exact) mass is 289 g/mol. The van der Waals surface area contributed by atoms with Crippen molar-refractivity contribution in [2.75, 3.05) is 5.33 Å². The van der Waals surface area contributed by atoms with Crippen LogP contribution in [0.15, 0.2) is 23.0 Å². The SMILES string of the molecule is CC1=C(C(=O)O)NC(C(=O)O)=CC1(C)CBr. The van der Waals surface area contributed by atoms with Crippen LogP contribution in [0.3, 0.4) is 0 Å². The molecular weight excluding hydrogens is 278 g/mol. The molecule has 0 aromatic carbocycles. The highest BCUT2D eigenvalue weighted by atomic mass is 79.9. The molecule has 0 aromatic heterocycles. The average molecular weight is 290 g/mol. The van der Waals surface area contributed by atoms with E-state index >= 15 is 0 Å². The molecule has 0 saturated carbocycles. The Morgan fingerprint density at radius 3 is 2.38 bits per heavy atom. The van der Waals surface area contributed by atoms with Crippen LogP contribution in [-0.4, -0.2) is 27.5 Å². The number of carboxylic acid groups (broad SMARTS) is 2. The predicted octanol–water partition coefficient (Wildman–Crippen LogP) is 1.32. The summed E-state index contributed by atoms with van der Waals surface area (Å²) in [6.45, 7) is 3.46. The first-order valence-corrected chi connectivity index (χ1v) is 5.68. The Balaban J connectivity index is 3.28. The second-order valence-corrected chi connectivity index (χ2v) is 4.41. The molecule has 1 aliphatic heterocycles. The Morgan fingerprint density at radius 1 is 1.44 bits per heavy atom. The summed E-state index contributed by atoms with van der Waals surface area (Å²) in [5.74, 6) is -2.32. The van der Waals surface area contributed by atoms with E-state index in [-0.39, 0.29) is 11.4 Å². The normalized spacial score (nSPS) is 24.8. The molecule has 1 unspecified atom stereocenters. The molecule has 1 rings (SSSR count). The number of halogens is 1. The van der Waals surface area contributed by atoms with Gasteiger partial charge >= 0.3 is 11.9 Å². The number of allylic oxidation sites excluding steroid dienone is 2. The molecule has 0 aliphatic carbocycles. The van der Waals surface area contributed by atoms with Crippen LogP contribution in [0.2, 0.25) is 0 Å². The van der Waals surface area contributed by atoms with E-state index in [1.807, 2.05) is 0 Å². The van der Waals surface area contributed by atoms with Crippen molar-refractivity contribution in [3.8, 4) is 0 Å². The second-order valence-electron chi connectivity index (χ2n) is 3.84. The third kappa shape index (κ3) is 2.11. The van der Waals surface area contributed by atoms with E-state index in [1.54, 1.807) is 13.8 Å². The summed E-state index contributed by atoms with van der Waals surface area (Å²) >= 11 is 3.27. The fourth-order valence-electron chi connectivity index (χ4n) is 1.44. The minimum atomic E-state index is -1.17. The zero-order valence-electron chi connectivity index (χ0n) is 8.87. The standard InChI is InChI=1S/C10H12BrNO4/c1-5-7(9(15)16)12-6(8(13)14)3-10(5,2)4-11/h3,12H,4H2,1-2H3,(H,13,14)(H,15,16). The molecule has 0 spiro atoms. The van der Waals surface area contributed by atoms with Crippen LogP contribution in [0.5, 0.6) is 0 Å². The number of carboxylic acids is 2. The fourth-order valence-corrected chi connectivity index (χ4v) is 2.03. The van der Waals surface area contributed by atoms with Gasteiger partial charge in [0, 0.05) is 10.7 Å². The predicted molar refractivity (Wildman–Crippen MR) is 61.1 cm³/mol. The minimum Gasteiger partial charge on any atom is -0.477 e. The second kappa shape index (κ2) is 4.29. The van der Waals surface area contributed by atoms with Crippen LogP contribution in [0.25, 0.3) is 0 Å². The van der Waals surface area contributed by atoms with Gasteiger partial charge in [-0.25, -0.2) is 9.59 Å². The summed E-state index contributed by atoms with van der Waals surface area (Å²) in [6, 6.07) is 0. The van der Waals surface area contributed by atoms with Gasteiger partial charge in [0.2, 0.25) is 0 Å². The molecule has 16 heavy (non-hydrogen) atoms. The zero-order chi connectivity index (χ0) is 12.5. The number of nitrogens with one attached hydrogen (secondary N) is 1. The van der Waals surface area contributed by atoms with Crippen LogP contribution in [-0.2, 0) is 9.59 Å². The number of alkyl halides is 1. The van der Waals surface area contributed by atoms with Gasteiger partial charge in [-0.2, -0.15) is 0 Å². The lowest BCUT2D eigenvalue weighted by Gasteiger charge is -2.31. The maximum absolute atomic E-state index is 11.0. The molecule has 0 bridgehead atoms. The van der Waals surface area contributed by atoms with Gasteiger partial charge in [-0.3, -0.25) is 0 Å². The summed E-state index contributed by atoms with van der Waals surface area (Å²) in [6.07, 6.45) is 1.52.